The van der Waals surface area contributed by atoms with Crippen LogP contribution in [0.2, 0.25) is 0 Å². The monoisotopic (exact) mass is 351 g/mol. The fourth-order valence-corrected chi connectivity index (χ4v) is 2.30. The Hall–Kier alpha value is -1.73. The SMILES string of the molecule is CCNCCNC(=O)c1nnn(-c2cccc(Br)c2)c1C. The maximum atomic E-state index is 12.1. The van der Waals surface area contributed by atoms with Crippen LogP contribution in [0.4, 0.5) is 0 Å². The first-order valence-electron chi connectivity index (χ1n) is 6.80. The van der Waals surface area contributed by atoms with Crippen molar-refractivity contribution in [1.82, 2.24) is 25.6 Å². The molecule has 0 aliphatic rings. The topological polar surface area (TPSA) is 71.8 Å². The molecule has 1 amide bonds. The molecule has 6 nitrogen and oxygen atoms in total. The summed E-state index contributed by atoms with van der Waals surface area (Å²) >= 11 is 3.42. The van der Waals surface area contributed by atoms with E-state index in [4.69, 9.17) is 0 Å². The highest BCUT2D eigenvalue weighted by Crippen LogP contribution is 2.17. The molecule has 0 unspecified atom stereocenters. The molecule has 0 bridgehead atoms. The standard InChI is InChI=1S/C14H18BrN5O/c1-3-16-7-8-17-14(21)13-10(2)20(19-18-13)12-6-4-5-11(15)9-12/h4-6,9,16H,3,7-8H2,1-2H3,(H,17,21). The zero-order valence-electron chi connectivity index (χ0n) is 12.1. The van der Waals surface area contributed by atoms with Gasteiger partial charge in [-0.05, 0) is 31.7 Å². The predicted molar refractivity (Wildman–Crippen MR) is 84.7 cm³/mol. The lowest BCUT2D eigenvalue weighted by Gasteiger charge is -2.05. The molecule has 1 heterocycles. The van der Waals surface area contributed by atoms with Crippen molar-refractivity contribution in [2.75, 3.05) is 19.6 Å². The number of hydrogen-bond acceptors (Lipinski definition) is 4. The largest absolute Gasteiger partial charge is 0.349 e. The molecule has 2 N–H and O–H groups in total. The van der Waals surface area contributed by atoms with Gasteiger partial charge in [-0.25, -0.2) is 4.68 Å². The van der Waals surface area contributed by atoms with E-state index in [1.807, 2.05) is 38.1 Å². The van der Waals surface area contributed by atoms with Crippen LogP contribution in [0.3, 0.4) is 0 Å². The first kappa shape index (κ1) is 15.7. The number of carbonyl (C=O) groups excluding carboxylic acids is 1. The third-order valence-electron chi connectivity index (χ3n) is 3.00. The second-order valence-electron chi connectivity index (χ2n) is 4.52. The van der Waals surface area contributed by atoms with Crippen LogP contribution in [0.15, 0.2) is 28.7 Å². The molecule has 0 atom stereocenters. The number of amides is 1. The Morgan fingerprint density at radius 3 is 2.90 bits per heavy atom. The molecular weight excluding hydrogens is 334 g/mol. The van der Waals surface area contributed by atoms with Crippen molar-refractivity contribution in [1.29, 1.82) is 0 Å². The van der Waals surface area contributed by atoms with E-state index in [0.29, 0.717) is 17.9 Å². The van der Waals surface area contributed by atoms with Crippen LogP contribution < -0.4 is 10.6 Å². The minimum Gasteiger partial charge on any atom is -0.349 e. The third-order valence-corrected chi connectivity index (χ3v) is 3.49. The van der Waals surface area contributed by atoms with Gasteiger partial charge in [-0.3, -0.25) is 4.79 Å². The van der Waals surface area contributed by atoms with Crippen molar-refractivity contribution in [3.63, 3.8) is 0 Å². The molecule has 7 heteroatoms. The smallest absolute Gasteiger partial charge is 0.273 e. The summed E-state index contributed by atoms with van der Waals surface area (Å²) in [5.41, 5.74) is 1.93. The molecule has 112 valence electrons. The number of halogens is 1. The Morgan fingerprint density at radius 2 is 2.19 bits per heavy atom. The molecule has 0 spiro atoms. The van der Waals surface area contributed by atoms with Crippen LogP contribution in [0.5, 0.6) is 0 Å². The van der Waals surface area contributed by atoms with Crippen molar-refractivity contribution in [3.8, 4) is 5.69 Å². The summed E-state index contributed by atoms with van der Waals surface area (Å²) in [4.78, 5) is 12.1. The van der Waals surface area contributed by atoms with Gasteiger partial charge < -0.3 is 10.6 Å². The Morgan fingerprint density at radius 1 is 1.38 bits per heavy atom. The van der Waals surface area contributed by atoms with Crippen LogP contribution in [0.1, 0.15) is 23.1 Å². The van der Waals surface area contributed by atoms with E-state index < -0.39 is 0 Å². The number of benzene rings is 1. The molecule has 0 radical (unpaired) electrons. The molecule has 2 aromatic rings. The first-order valence-corrected chi connectivity index (χ1v) is 7.60. The van der Waals surface area contributed by atoms with Gasteiger partial charge in [-0.2, -0.15) is 0 Å². The number of rotatable bonds is 6. The van der Waals surface area contributed by atoms with Crippen molar-refractivity contribution < 1.29 is 4.79 Å². The van der Waals surface area contributed by atoms with Crippen molar-refractivity contribution in [2.45, 2.75) is 13.8 Å². The van der Waals surface area contributed by atoms with Crippen LogP contribution in [-0.2, 0) is 0 Å². The normalized spacial score (nSPS) is 10.6. The van der Waals surface area contributed by atoms with E-state index in [2.05, 4.69) is 36.9 Å². The summed E-state index contributed by atoms with van der Waals surface area (Å²) in [5.74, 6) is -0.202. The quantitative estimate of drug-likeness (QED) is 0.776. The maximum Gasteiger partial charge on any atom is 0.273 e. The number of aromatic nitrogens is 3. The van der Waals surface area contributed by atoms with E-state index >= 15 is 0 Å². The van der Waals surface area contributed by atoms with Gasteiger partial charge in [0.1, 0.15) is 0 Å². The Kier molecular flexibility index (Phi) is 5.46. The highest BCUT2D eigenvalue weighted by Gasteiger charge is 2.16. The van der Waals surface area contributed by atoms with Gasteiger partial charge in [0.2, 0.25) is 0 Å². The summed E-state index contributed by atoms with van der Waals surface area (Å²) in [6.07, 6.45) is 0. The maximum absolute atomic E-state index is 12.1. The van der Waals surface area contributed by atoms with Crippen LogP contribution in [-0.4, -0.2) is 40.5 Å². The van der Waals surface area contributed by atoms with Gasteiger partial charge in [0.25, 0.3) is 5.91 Å². The predicted octanol–water partition coefficient (Wildman–Crippen LogP) is 1.68. The van der Waals surface area contributed by atoms with E-state index in [-0.39, 0.29) is 5.91 Å². The molecule has 0 saturated heterocycles. The highest BCUT2D eigenvalue weighted by molar-refractivity contribution is 9.10. The molecule has 0 fully saturated rings. The minimum atomic E-state index is -0.202. The van der Waals surface area contributed by atoms with E-state index in [9.17, 15) is 4.79 Å². The minimum absolute atomic E-state index is 0.202. The van der Waals surface area contributed by atoms with Gasteiger partial charge in [-0.1, -0.05) is 34.1 Å². The van der Waals surface area contributed by atoms with Gasteiger partial charge in [0.15, 0.2) is 5.69 Å². The lowest BCUT2D eigenvalue weighted by Crippen LogP contribution is -2.32. The summed E-state index contributed by atoms with van der Waals surface area (Å²) in [6, 6.07) is 7.69. The molecule has 0 aliphatic heterocycles. The van der Waals surface area contributed by atoms with Gasteiger partial charge in [0.05, 0.1) is 11.4 Å². The van der Waals surface area contributed by atoms with E-state index in [0.717, 1.165) is 23.2 Å². The summed E-state index contributed by atoms with van der Waals surface area (Å²) in [7, 11) is 0. The summed E-state index contributed by atoms with van der Waals surface area (Å²) in [6.45, 7) is 6.04. The average Bonchev–Trinajstić information content (AvgIpc) is 2.85. The Bertz CT molecular complexity index is 626. The Labute approximate surface area is 132 Å². The first-order chi connectivity index (χ1) is 10.1. The van der Waals surface area contributed by atoms with Crippen LogP contribution >= 0.6 is 15.9 Å². The third kappa shape index (κ3) is 3.89. The number of likely N-dealkylation sites (N-methyl/N-ethyl adjacent to an activating group) is 1. The molecule has 0 saturated carbocycles. The van der Waals surface area contributed by atoms with E-state index in [1.165, 1.54) is 0 Å². The van der Waals surface area contributed by atoms with Crippen molar-refractivity contribution in [3.05, 3.63) is 40.1 Å². The summed E-state index contributed by atoms with van der Waals surface area (Å²) in [5, 5.41) is 14.0. The fourth-order valence-electron chi connectivity index (χ4n) is 1.92. The molecule has 2 rings (SSSR count). The van der Waals surface area contributed by atoms with Gasteiger partial charge >= 0.3 is 0 Å². The molecule has 21 heavy (non-hydrogen) atoms. The lowest BCUT2D eigenvalue weighted by molar-refractivity contribution is 0.0948. The van der Waals surface area contributed by atoms with Crippen LogP contribution in [0, 0.1) is 6.92 Å². The zero-order chi connectivity index (χ0) is 15.2. The molecule has 0 aliphatic carbocycles. The van der Waals surface area contributed by atoms with Crippen molar-refractivity contribution >= 4 is 21.8 Å². The number of carbonyl (C=O) groups is 1. The molecular formula is C14H18BrN5O. The fraction of sp³-hybridized carbons (Fsp3) is 0.357. The van der Waals surface area contributed by atoms with Gasteiger partial charge in [-0.15, -0.1) is 5.10 Å². The average molecular weight is 352 g/mol. The number of hydrogen-bond donors (Lipinski definition) is 2. The highest BCUT2D eigenvalue weighted by atomic mass is 79.9. The van der Waals surface area contributed by atoms with E-state index in [1.54, 1.807) is 4.68 Å². The van der Waals surface area contributed by atoms with Gasteiger partial charge in [0, 0.05) is 17.6 Å². The number of nitrogens with one attached hydrogen (secondary N) is 2. The second kappa shape index (κ2) is 7.33. The summed E-state index contributed by atoms with van der Waals surface area (Å²) < 4.78 is 2.61. The second-order valence-corrected chi connectivity index (χ2v) is 5.44. The molecule has 1 aromatic heterocycles. The lowest BCUT2D eigenvalue weighted by atomic mass is 10.3. The molecule has 1 aromatic carbocycles. The number of nitrogens with zero attached hydrogens (tertiary/aromatic N) is 3. The zero-order valence-corrected chi connectivity index (χ0v) is 13.6. The Balaban J connectivity index is 2.11. The van der Waals surface area contributed by atoms with Crippen LogP contribution in [0.25, 0.3) is 5.69 Å². The van der Waals surface area contributed by atoms with Crippen molar-refractivity contribution in [2.24, 2.45) is 0 Å².